The van der Waals surface area contributed by atoms with E-state index in [0.29, 0.717) is 5.57 Å². The van der Waals surface area contributed by atoms with E-state index in [2.05, 4.69) is 0 Å². The first kappa shape index (κ1) is 20.5. The maximum absolute atomic E-state index is 12.5. The Morgan fingerprint density at radius 2 is 1.88 bits per heavy atom. The SMILES string of the molecule is CC(C)/C=C1/[C@H](O)CN(C(=O)OC(C)(C)C)[C@@H]1C(=O)OCC(C)C. The molecule has 24 heavy (non-hydrogen) atoms. The summed E-state index contributed by atoms with van der Waals surface area (Å²) >= 11 is 0. The molecule has 0 aromatic carbocycles. The number of carbonyl (C=O) groups is 2. The number of allylic oxidation sites excluding steroid dienone is 1. The molecule has 1 aliphatic rings. The van der Waals surface area contributed by atoms with Crippen LogP contribution in [0.25, 0.3) is 0 Å². The average Bonchev–Trinajstić information content (AvgIpc) is 2.71. The van der Waals surface area contributed by atoms with Gasteiger partial charge in [-0.05, 0) is 38.2 Å². The van der Waals surface area contributed by atoms with Crippen LogP contribution in [-0.2, 0) is 14.3 Å². The van der Waals surface area contributed by atoms with Gasteiger partial charge in [-0.25, -0.2) is 9.59 Å². The topological polar surface area (TPSA) is 76.1 Å². The Balaban J connectivity index is 3.08. The summed E-state index contributed by atoms with van der Waals surface area (Å²) < 4.78 is 10.7. The van der Waals surface area contributed by atoms with E-state index in [1.165, 1.54) is 4.90 Å². The molecule has 138 valence electrons. The first-order valence-corrected chi connectivity index (χ1v) is 8.48. The summed E-state index contributed by atoms with van der Waals surface area (Å²) in [6.45, 7) is 13.3. The highest BCUT2D eigenvalue weighted by molar-refractivity contribution is 5.86. The number of hydrogen-bond donors (Lipinski definition) is 1. The molecular weight excluding hydrogens is 310 g/mol. The highest BCUT2D eigenvalue weighted by Gasteiger charge is 2.45. The van der Waals surface area contributed by atoms with Gasteiger partial charge in [-0.3, -0.25) is 4.90 Å². The standard InChI is InChI=1S/C18H31NO5/c1-11(2)8-13-14(20)9-19(17(22)24-18(5,6)7)15(13)16(21)23-10-12(3)4/h8,11-12,14-15,20H,9-10H2,1-7H3/b13-8-/t14-,15+/m1/s1. The lowest BCUT2D eigenvalue weighted by Crippen LogP contribution is -2.45. The Labute approximate surface area is 144 Å². The fraction of sp³-hybridized carbons (Fsp3) is 0.778. The minimum atomic E-state index is -0.934. The van der Waals surface area contributed by atoms with E-state index < -0.39 is 29.8 Å². The summed E-state index contributed by atoms with van der Waals surface area (Å²) in [6, 6.07) is -0.934. The Bertz CT molecular complexity index is 490. The zero-order valence-corrected chi connectivity index (χ0v) is 15.8. The lowest BCUT2D eigenvalue weighted by atomic mass is 10.0. The Kier molecular flexibility index (Phi) is 6.84. The number of aliphatic hydroxyl groups is 1. The van der Waals surface area contributed by atoms with Gasteiger partial charge in [0, 0.05) is 0 Å². The molecule has 0 aromatic rings. The van der Waals surface area contributed by atoms with E-state index in [1.807, 2.05) is 33.8 Å². The maximum Gasteiger partial charge on any atom is 0.411 e. The molecule has 0 saturated carbocycles. The van der Waals surface area contributed by atoms with Crippen LogP contribution < -0.4 is 0 Å². The largest absolute Gasteiger partial charge is 0.464 e. The van der Waals surface area contributed by atoms with Crippen molar-refractivity contribution in [2.45, 2.75) is 66.2 Å². The van der Waals surface area contributed by atoms with E-state index in [4.69, 9.17) is 9.47 Å². The summed E-state index contributed by atoms with van der Waals surface area (Å²) in [7, 11) is 0. The van der Waals surface area contributed by atoms with E-state index in [0.717, 1.165) is 0 Å². The van der Waals surface area contributed by atoms with Gasteiger partial charge in [0.15, 0.2) is 6.04 Å². The number of amides is 1. The lowest BCUT2D eigenvalue weighted by molar-refractivity contribution is -0.148. The minimum absolute atomic E-state index is 0.0227. The zero-order valence-electron chi connectivity index (χ0n) is 15.8. The predicted molar refractivity (Wildman–Crippen MR) is 91.5 cm³/mol. The van der Waals surface area contributed by atoms with Gasteiger partial charge in [0.2, 0.25) is 0 Å². The number of rotatable bonds is 4. The van der Waals surface area contributed by atoms with Crippen LogP contribution in [0.3, 0.4) is 0 Å². The summed E-state index contributed by atoms with van der Waals surface area (Å²) in [6.07, 6.45) is 0.299. The molecule has 0 bridgehead atoms. The molecule has 1 N–H and O–H groups in total. The monoisotopic (exact) mass is 341 g/mol. The number of β-amino-alcohol motifs (C(OH)–C–C–N with tert-alkyl or cyclic N) is 1. The second kappa shape index (κ2) is 8.01. The van der Waals surface area contributed by atoms with Crippen molar-refractivity contribution in [3.05, 3.63) is 11.6 Å². The van der Waals surface area contributed by atoms with Gasteiger partial charge in [-0.1, -0.05) is 33.8 Å². The van der Waals surface area contributed by atoms with Gasteiger partial charge in [-0.15, -0.1) is 0 Å². The molecule has 1 heterocycles. The first-order chi connectivity index (χ1) is 10.9. The van der Waals surface area contributed by atoms with Crippen LogP contribution in [0.4, 0.5) is 4.79 Å². The first-order valence-electron chi connectivity index (χ1n) is 8.48. The Morgan fingerprint density at radius 1 is 1.29 bits per heavy atom. The quantitative estimate of drug-likeness (QED) is 0.628. The molecule has 0 radical (unpaired) electrons. The third-order valence-electron chi connectivity index (χ3n) is 3.32. The van der Waals surface area contributed by atoms with Crippen molar-refractivity contribution >= 4 is 12.1 Å². The van der Waals surface area contributed by atoms with Crippen molar-refractivity contribution in [2.75, 3.05) is 13.2 Å². The molecule has 6 nitrogen and oxygen atoms in total. The molecule has 1 saturated heterocycles. The lowest BCUT2D eigenvalue weighted by Gasteiger charge is -2.27. The second-order valence-electron chi connectivity index (χ2n) is 7.99. The number of hydrogen-bond acceptors (Lipinski definition) is 5. The molecule has 0 spiro atoms. The van der Waals surface area contributed by atoms with Crippen molar-refractivity contribution in [3.63, 3.8) is 0 Å². The van der Waals surface area contributed by atoms with E-state index in [1.54, 1.807) is 20.8 Å². The highest BCUT2D eigenvalue weighted by Crippen LogP contribution is 2.28. The third-order valence-corrected chi connectivity index (χ3v) is 3.32. The van der Waals surface area contributed by atoms with Crippen LogP contribution in [0.1, 0.15) is 48.5 Å². The fourth-order valence-corrected chi connectivity index (χ4v) is 2.44. The van der Waals surface area contributed by atoms with Crippen LogP contribution in [0.15, 0.2) is 11.6 Å². The number of likely N-dealkylation sites (tertiary alicyclic amines) is 1. The van der Waals surface area contributed by atoms with Crippen molar-refractivity contribution in [2.24, 2.45) is 11.8 Å². The zero-order chi connectivity index (χ0) is 18.7. The van der Waals surface area contributed by atoms with E-state index in [-0.39, 0.29) is 25.0 Å². The van der Waals surface area contributed by atoms with Crippen LogP contribution in [0.2, 0.25) is 0 Å². The smallest absolute Gasteiger partial charge is 0.411 e. The van der Waals surface area contributed by atoms with Gasteiger partial charge < -0.3 is 14.6 Å². The summed E-state index contributed by atoms with van der Waals surface area (Å²) in [5, 5.41) is 10.3. The van der Waals surface area contributed by atoms with Gasteiger partial charge in [-0.2, -0.15) is 0 Å². The number of esters is 1. The number of ether oxygens (including phenoxy) is 2. The van der Waals surface area contributed by atoms with E-state index in [9.17, 15) is 14.7 Å². The third kappa shape index (κ3) is 5.82. The maximum atomic E-state index is 12.5. The van der Waals surface area contributed by atoms with Crippen LogP contribution in [0, 0.1) is 11.8 Å². The summed E-state index contributed by atoms with van der Waals surface area (Å²) in [4.78, 5) is 26.2. The number of carbonyl (C=O) groups excluding carboxylic acids is 2. The highest BCUT2D eigenvalue weighted by atomic mass is 16.6. The number of nitrogens with zero attached hydrogens (tertiary/aromatic N) is 1. The Morgan fingerprint density at radius 3 is 2.33 bits per heavy atom. The normalized spacial score (nSPS) is 23.2. The van der Waals surface area contributed by atoms with Crippen molar-refractivity contribution in [1.29, 1.82) is 0 Å². The molecule has 0 unspecified atom stereocenters. The molecule has 6 heteroatoms. The molecule has 1 fully saturated rings. The van der Waals surface area contributed by atoms with Crippen LogP contribution in [-0.4, -0.2) is 53.0 Å². The molecular formula is C18H31NO5. The molecule has 2 atom stereocenters. The van der Waals surface area contributed by atoms with Crippen LogP contribution in [0.5, 0.6) is 0 Å². The summed E-state index contributed by atoms with van der Waals surface area (Å²) in [5.74, 6) is -0.209. The van der Waals surface area contributed by atoms with Gasteiger partial charge in [0.1, 0.15) is 5.60 Å². The molecule has 1 amide bonds. The van der Waals surface area contributed by atoms with Crippen molar-refractivity contribution in [1.82, 2.24) is 4.90 Å². The van der Waals surface area contributed by atoms with Crippen LogP contribution >= 0.6 is 0 Å². The van der Waals surface area contributed by atoms with Gasteiger partial charge in [0.25, 0.3) is 0 Å². The molecule has 0 aliphatic carbocycles. The minimum Gasteiger partial charge on any atom is -0.464 e. The molecule has 1 aliphatic heterocycles. The van der Waals surface area contributed by atoms with Gasteiger partial charge >= 0.3 is 12.1 Å². The van der Waals surface area contributed by atoms with E-state index >= 15 is 0 Å². The van der Waals surface area contributed by atoms with Crippen molar-refractivity contribution < 1.29 is 24.2 Å². The average molecular weight is 341 g/mol. The van der Waals surface area contributed by atoms with Crippen molar-refractivity contribution in [3.8, 4) is 0 Å². The summed E-state index contributed by atoms with van der Waals surface area (Å²) in [5.41, 5.74) is -0.177. The second-order valence-corrected chi connectivity index (χ2v) is 7.99. The molecule has 1 rings (SSSR count). The molecule has 0 aromatic heterocycles. The number of aliphatic hydroxyl groups excluding tert-OH is 1. The predicted octanol–water partition coefficient (Wildman–Crippen LogP) is 2.75. The fourth-order valence-electron chi connectivity index (χ4n) is 2.44. The Hall–Kier alpha value is -1.56. The van der Waals surface area contributed by atoms with Gasteiger partial charge in [0.05, 0.1) is 19.3 Å².